The molecule has 1 aliphatic rings. The summed E-state index contributed by atoms with van der Waals surface area (Å²) in [5.74, 6) is -0.126. The Labute approximate surface area is 117 Å². The van der Waals surface area contributed by atoms with Gasteiger partial charge in [-0.1, -0.05) is 49.0 Å². The number of hydrogen-bond acceptors (Lipinski definition) is 4. The van der Waals surface area contributed by atoms with Gasteiger partial charge < -0.3 is 0 Å². The van der Waals surface area contributed by atoms with E-state index in [-0.39, 0.29) is 11.3 Å². The maximum Gasteiger partial charge on any atom is 0.257 e. The smallest absolute Gasteiger partial charge is 0.257 e. The molecule has 1 atom stereocenters. The van der Waals surface area contributed by atoms with Gasteiger partial charge in [-0.05, 0) is 25.0 Å². The summed E-state index contributed by atoms with van der Waals surface area (Å²) < 4.78 is 0. The van der Waals surface area contributed by atoms with Crippen molar-refractivity contribution in [2.75, 3.05) is 0 Å². The summed E-state index contributed by atoms with van der Waals surface area (Å²) in [6.07, 6.45) is 4.80. The van der Waals surface area contributed by atoms with Gasteiger partial charge in [0.25, 0.3) is 5.91 Å². The van der Waals surface area contributed by atoms with Crippen molar-refractivity contribution in [2.45, 2.75) is 25.6 Å². The molecule has 1 aliphatic heterocycles. The van der Waals surface area contributed by atoms with E-state index in [1.54, 1.807) is 11.8 Å². The zero-order valence-corrected chi connectivity index (χ0v) is 11.8. The fourth-order valence-electron chi connectivity index (χ4n) is 1.74. The summed E-state index contributed by atoms with van der Waals surface area (Å²) in [4.78, 5) is 12.2. The van der Waals surface area contributed by atoms with Crippen molar-refractivity contribution in [1.29, 1.82) is 0 Å². The summed E-state index contributed by atoms with van der Waals surface area (Å²) in [6, 6.07) is 7.52. The van der Waals surface area contributed by atoms with Crippen molar-refractivity contribution in [2.24, 2.45) is 5.10 Å². The van der Waals surface area contributed by atoms with Gasteiger partial charge in [0, 0.05) is 5.56 Å². The Morgan fingerprint density at radius 1 is 1.53 bits per heavy atom. The monoisotopic (exact) mass is 275 g/mol. The zero-order valence-electron chi connectivity index (χ0n) is 11.0. The molecule has 0 fully saturated rings. The SMILES string of the molecule is C/C=C/c1ccccc1C(=O)NC1=NNC(CC)S1. The van der Waals surface area contributed by atoms with Crippen LogP contribution in [0.1, 0.15) is 36.2 Å². The molecule has 0 radical (unpaired) electrons. The molecule has 0 spiro atoms. The van der Waals surface area contributed by atoms with Crippen molar-refractivity contribution in [3.63, 3.8) is 0 Å². The van der Waals surface area contributed by atoms with Crippen molar-refractivity contribution < 1.29 is 4.79 Å². The summed E-state index contributed by atoms with van der Waals surface area (Å²) in [5.41, 5.74) is 4.54. The molecule has 1 aromatic rings. The zero-order chi connectivity index (χ0) is 13.7. The molecule has 1 amide bonds. The molecule has 1 aromatic carbocycles. The molecule has 19 heavy (non-hydrogen) atoms. The first-order valence-electron chi connectivity index (χ1n) is 6.27. The third-order valence-corrected chi connectivity index (χ3v) is 3.85. The van der Waals surface area contributed by atoms with Crippen LogP contribution < -0.4 is 10.7 Å². The number of nitrogens with one attached hydrogen (secondary N) is 2. The summed E-state index contributed by atoms with van der Waals surface area (Å²) in [7, 11) is 0. The molecule has 1 heterocycles. The maximum atomic E-state index is 12.2. The molecule has 1 unspecified atom stereocenters. The number of carbonyl (C=O) groups excluding carboxylic acids is 1. The number of allylic oxidation sites excluding steroid dienone is 1. The number of nitrogens with zero attached hydrogens (tertiary/aromatic N) is 1. The van der Waals surface area contributed by atoms with Crippen molar-refractivity contribution in [3.8, 4) is 0 Å². The van der Waals surface area contributed by atoms with E-state index in [0.29, 0.717) is 10.7 Å². The highest BCUT2D eigenvalue weighted by Gasteiger charge is 2.20. The molecule has 0 aliphatic carbocycles. The van der Waals surface area contributed by atoms with Gasteiger partial charge in [-0.25, -0.2) is 0 Å². The van der Waals surface area contributed by atoms with Crippen LogP contribution in [0.5, 0.6) is 0 Å². The molecule has 4 nitrogen and oxygen atoms in total. The van der Waals surface area contributed by atoms with E-state index < -0.39 is 0 Å². The van der Waals surface area contributed by atoms with Gasteiger partial charge in [-0.2, -0.15) is 5.10 Å². The lowest BCUT2D eigenvalue weighted by Gasteiger charge is -2.07. The van der Waals surface area contributed by atoms with Gasteiger partial charge in [-0.3, -0.25) is 15.5 Å². The van der Waals surface area contributed by atoms with Gasteiger partial charge in [0.05, 0.1) is 5.37 Å². The van der Waals surface area contributed by atoms with Gasteiger partial charge in [0.15, 0.2) is 5.17 Å². The topological polar surface area (TPSA) is 53.5 Å². The van der Waals surface area contributed by atoms with Crippen LogP contribution in [0.3, 0.4) is 0 Å². The van der Waals surface area contributed by atoms with Crippen molar-refractivity contribution in [1.82, 2.24) is 10.7 Å². The predicted octanol–water partition coefficient (Wildman–Crippen LogP) is 2.79. The predicted molar refractivity (Wildman–Crippen MR) is 80.9 cm³/mol. The fraction of sp³-hybridized carbons (Fsp3) is 0.286. The number of rotatable bonds is 3. The van der Waals surface area contributed by atoms with E-state index in [1.165, 1.54) is 0 Å². The van der Waals surface area contributed by atoms with E-state index in [4.69, 9.17) is 0 Å². The lowest BCUT2D eigenvalue weighted by molar-refractivity contribution is 0.0977. The Kier molecular flexibility index (Phi) is 4.63. The van der Waals surface area contributed by atoms with Crippen LogP contribution in [0, 0.1) is 0 Å². The number of amides is 1. The summed E-state index contributed by atoms with van der Waals surface area (Å²) >= 11 is 1.54. The number of amidine groups is 1. The number of thioether (sulfide) groups is 1. The Morgan fingerprint density at radius 2 is 2.32 bits per heavy atom. The van der Waals surface area contributed by atoms with Crippen LogP contribution in [0.2, 0.25) is 0 Å². The summed E-state index contributed by atoms with van der Waals surface area (Å²) in [6.45, 7) is 4.01. The Morgan fingerprint density at radius 3 is 3.00 bits per heavy atom. The van der Waals surface area contributed by atoms with Crippen molar-refractivity contribution in [3.05, 3.63) is 41.5 Å². The first kappa shape index (κ1) is 13.7. The van der Waals surface area contributed by atoms with Gasteiger partial charge >= 0.3 is 0 Å². The molecule has 0 saturated carbocycles. The molecule has 0 bridgehead atoms. The molecular weight excluding hydrogens is 258 g/mol. The average Bonchev–Trinajstić information content (AvgIpc) is 2.87. The second-order valence-electron chi connectivity index (χ2n) is 4.10. The quantitative estimate of drug-likeness (QED) is 0.892. The van der Waals surface area contributed by atoms with Crippen LogP contribution in [0.4, 0.5) is 0 Å². The van der Waals surface area contributed by atoms with E-state index >= 15 is 0 Å². The van der Waals surface area contributed by atoms with Crippen LogP contribution >= 0.6 is 11.8 Å². The Balaban J connectivity index is 2.09. The minimum atomic E-state index is -0.126. The van der Waals surface area contributed by atoms with Crippen LogP contribution in [0.25, 0.3) is 6.08 Å². The maximum absolute atomic E-state index is 12.2. The van der Waals surface area contributed by atoms with Crippen LogP contribution in [-0.2, 0) is 0 Å². The van der Waals surface area contributed by atoms with Gasteiger partial charge in [-0.15, -0.1) is 0 Å². The normalized spacial score (nSPS) is 18.2. The second kappa shape index (κ2) is 6.43. The third kappa shape index (κ3) is 3.38. The largest absolute Gasteiger partial charge is 0.300 e. The molecule has 5 heteroatoms. The highest BCUT2D eigenvalue weighted by Crippen LogP contribution is 2.19. The third-order valence-electron chi connectivity index (χ3n) is 2.71. The van der Waals surface area contributed by atoms with Crippen molar-refractivity contribution >= 4 is 28.9 Å². The number of benzene rings is 1. The van der Waals surface area contributed by atoms with E-state index in [0.717, 1.165) is 12.0 Å². The minimum absolute atomic E-state index is 0.126. The van der Waals surface area contributed by atoms with Gasteiger partial charge in [0.1, 0.15) is 0 Å². The molecule has 2 rings (SSSR count). The minimum Gasteiger partial charge on any atom is -0.300 e. The molecule has 0 saturated heterocycles. The standard InChI is InChI=1S/C14H17N3OS/c1-3-7-10-8-5-6-9-11(10)13(18)15-14-17-16-12(4-2)19-14/h3,5-9,12,16H,4H2,1-2H3,(H,15,17,18)/b7-3+. The Hall–Kier alpha value is -1.75. The van der Waals surface area contributed by atoms with E-state index in [1.807, 2.05) is 43.3 Å². The molecular formula is C14H17N3OS. The highest BCUT2D eigenvalue weighted by atomic mass is 32.2. The van der Waals surface area contributed by atoms with Crippen LogP contribution in [0.15, 0.2) is 35.4 Å². The van der Waals surface area contributed by atoms with Gasteiger partial charge in [0.2, 0.25) is 0 Å². The number of hydrazone groups is 1. The Bertz CT molecular complexity index is 525. The molecule has 0 aromatic heterocycles. The number of hydrogen-bond donors (Lipinski definition) is 2. The molecule has 100 valence electrons. The average molecular weight is 275 g/mol. The van der Waals surface area contributed by atoms with E-state index in [2.05, 4.69) is 22.8 Å². The highest BCUT2D eigenvalue weighted by molar-refractivity contribution is 8.14. The lowest BCUT2D eigenvalue weighted by Crippen LogP contribution is -2.28. The fourth-order valence-corrected chi connectivity index (χ4v) is 2.54. The number of carbonyl (C=O) groups is 1. The molecule has 2 N–H and O–H groups in total. The summed E-state index contributed by atoms with van der Waals surface area (Å²) in [5, 5.41) is 7.83. The first-order valence-corrected chi connectivity index (χ1v) is 7.15. The van der Waals surface area contributed by atoms with Crippen LogP contribution in [-0.4, -0.2) is 16.4 Å². The second-order valence-corrected chi connectivity index (χ2v) is 5.29. The van der Waals surface area contributed by atoms with E-state index in [9.17, 15) is 4.79 Å². The first-order chi connectivity index (χ1) is 9.24. The lowest BCUT2D eigenvalue weighted by atomic mass is 10.1.